The first kappa shape index (κ1) is 14.0. The predicted octanol–water partition coefficient (Wildman–Crippen LogP) is 1.44. The van der Waals surface area contributed by atoms with Crippen LogP contribution in [0.5, 0.6) is 0 Å². The van der Waals surface area contributed by atoms with Crippen molar-refractivity contribution >= 4 is 11.8 Å². The third kappa shape index (κ3) is 2.99. The number of carbonyl (C=O) groups excluding carboxylic acids is 2. The molecule has 0 radical (unpaired) electrons. The molecule has 0 aromatic rings. The van der Waals surface area contributed by atoms with Crippen LogP contribution in [0.3, 0.4) is 0 Å². The van der Waals surface area contributed by atoms with Crippen molar-refractivity contribution in [3.8, 4) is 0 Å². The van der Waals surface area contributed by atoms with Crippen molar-refractivity contribution < 1.29 is 9.59 Å². The van der Waals surface area contributed by atoms with Gasteiger partial charge in [-0.2, -0.15) is 0 Å². The maximum absolute atomic E-state index is 12.3. The SMILES string of the molecule is CC(C)[C@@H](C(=O)NC(C)(C)C)C1(C(N)=O)CC1. The van der Waals surface area contributed by atoms with Crippen LogP contribution in [0.25, 0.3) is 0 Å². The smallest absolute Gasteiger partial charge is 0.224 e. The number of amides is 2. The van der Waals surface area contributed by atoms with Gasteiger partial charge in [-0.3, -0.25) is 9.59 Å². The van der Waals surface area contributed by atoms with Gasteiger partial charge < -0.3 is 11.1 Å². The van der Waals surface area contributed by atoms with Crippen LogP contribution in [0.15, 0.2) is 0 Å². The summed E-state index contributed by atoms with van der Waals surface area (Å²) in [5, 5.41) is 2.95. The maximum Gasteiger partial charge on any atom is 0.224 e. The molecule has 0 saturated heterocycles. The Kier molecular flexibility index (Phi) is 3.55. The number of nitrogens with one attached hydrogen (secondary N) is 1. The van der Waals surface area contributed by atoms with Gasteiger partial charge in [0, 0.05) is 5.54 Å². The summed E-state index contributed by atoms with van der Waals surface area (Å²) in [6.45, 7) is 9.75. The molecule has 1 aliphatic rings. The summed E-state index contributed by atoms with van der Waals surface area (Å²) in [4.78, 5) is 23.8. The minimum Gasteiger partial charge on any atom is -0.369 e. The van der Waals surface area contributed by atoms with Gasteiger partial charge in [-0.15, -0.1) is 0 Å². The Morgan fingerprint density at radius 3 is 1.94 bits per heavy atom. The van der Waals surface area contributed by atoms with Crippen LogP contribution in [-0.4, -0.2) is 17.4 Å². The number of hydrogen-bond donors (Lipinski definition) is 2. The average Bonchev–Trinajstić information content (AvgIpc) is 2.80. The highest BCUT2D eigenvalue weighted by Crippen LogP contribution is 2.54. The molecule has 0 bridgehead atoms. The van der Waals surface area contributed by atoms with E-state index in [4.69, 9.17) is 5.73 Å². The van der Waals surface area contributed by atoms with E-state index in [2.05, 4.69) is 5.32 Å². The molecule has 1 saturated carbocycles. The molecule has 1 atom stereocenters. The lowest BCUT2D eigenvalue weighted by atomic mass is 9.79. The fraction of sp³-hybridized carbons (Fsp3) is 0.846. The van der Waals surface area contributed by atoms with Crippen molar-refractivity contribution in [1.82, 2.24) is 5.32 Å². The van der Waals surface area contributed by atoms with Crippen LogP contribution in [0.1, 0.15) is 47.5 Å². The zero-order valence-corrected chi connectivity index (χ0v) is 11.5. The molecule has 1 rings (SSSR count). The molecule has 1 aliphatic carbocycles. The topological polar surface area (TPSA) is 72.2 Å². The van der Waals surface area contributed by atoms with Gasteiger partial charge in [-0.1, -0.05) is 13.8 Å². The molecule has 4 heteroatoms. The molecule has 0 spiro atoms. The minimum absolute atomic E-state index is 0.0520. The van der Waals surface area contributed by atoms with Crippen LogP contribution in [0.2, 0.25) is 0 Å². The van der Waals surface area contributed by atoms with Crippen LogP contribution < -0.4 is 11.1 Å². The second-order valence-electron chi connectivity index (χ2n) is 6.48. The number of nitrogens with two attached hydrogens (primary N) is 1. The van der Waals surface area contributed by atoms with Gasteiger partial charge in [0.25, 0.3) is 0 Å². The summed E-state index contributed by atoms with van der Waals surface area (Å²) in [5.74, 6) is -0.573. The lowest BCUT2D eigenvalue weighted by Gasteiger charge is -2.31. The molecule has 17 heavy (non-hydrogen) atoms. The molecule has 3 N–H and O–H groups in total. The Morgan fingerprint density at radius 2 is 1.71 bits per heavy atom. The van der Waals surface area contributed by atoms with Gasteiger partial charge in [-0.25, -0.2) is 0 Å². The summed E-state index contributed by atoms with van der Waals surface area (Å²) < 4.78 is 0. The van der Waals surface area contributed by atoms with Crippen molar-refractivity contribution in [2.45, 2.75) is 53.0 Å². The molecule has 98 valence electrons. The Balaban J connectivity index is 2.88. The first-order valence-electron chi connectivity index (χ1n) is 6.22. The van der Waals surface area contributed by atoms with Crippen LogP contribution in [0, 0.1) is 17.3 Å². The van der Waals surface area contributed by atoms with E-state index in [1.807, 2.05) is 34.6 Å². The van der Waals surface area contributed by atoms with E-state index in [0.717, 1.165) is 12.8 Å². The Morgan fingerprint density at radius 1 is 1.24 bits per heavy atom. The predicted molar refractivity (Wildman–Crippen MR) is 67.1 cm³/mol. The van der Waals surface area contributed by atoms with Gasteiger partial charge in [0.1, 0.15) is 0 Å². The van der Waals surface area contributed by atoms with Gasteiger partial charge in [0.2, 0.25) is 11.8 Å². The summed E-state index contributed by atoms with van der Waals surface area (Å²) >= 11 is 0. The Bertz CT molecular complexity index is 325. The van der Waals surface area contributed by atoms with E-state index >= 15 is 0 Å². The minimum atomic E-state index is -0.594. The summed E-state index contributed by atoms with van der Waals surface area (Å²) in [6.07, 6.45) is 1.48. The lowest BCUT2D eigenvalue weighted by molar-refractivity contribution is -0.137. The van der Waals surface area contributed by atoms with E-state index in [1.54, 1.807) is 0 Å². The zero-order valence-electron chi connectivity index (χ0n) is 11.5. The van der Waals surface area contributed by atoms with Gasteiger partial charge in [0.15, 0.2) is 0 Å². The highest BCUT2D eigenvalue weighted by atomic mass is 16.2. The first-order valence-corrected chi connectivity index (χ1v) is 6.22. The van der Waals surface area contributed by atoms with Crippen molar-refractivity contribution in [1.29, 1.82) is 0 Å². The van der Waals surface area contributed by atoms with Gasteiger partial charge >= 0.3 is 0 Å². The fourth-order valence-corrected chi connectivity index (χ4v) is 2.48. The average molecular weight is 240 g/mol. The molecule has 0 aromatic heterocycles. The highest BCUT2D eigenvalue weighted by molar-refractivity contribution is 5.92. The normalized spacial score (nSPS) is 19.9. The number of primary amides is 1. The van der Waals surface area contributed by atoms with E-state index in [1.165, 1.54) is 0 Å². The standard InChI is InChI=1S/C13H24N2O2/c1-8(2)9(10(16)15-12(3,4)5)13(6-7-13)11(14)17/h8-9H,6-7H2,1-5H3,(H2,14,17)(H,15,16)/t9-/m0/s1. The van der Waals surface area contributed by atoms with E-state index in [0.29, 0.717) is 0 Å². The van der Waals surface area contributed by atoms with Gasteiger partial charge in [0.05, 0.1) is 11.3 Å². The van der Waals surface area contributed by atoms with Crippen molar-refractivity contribution in [2.24, 2.45) is 23.0 Å². The van der Waals surface area contributed by atoms with Crippen LogP contribution in [-0.2, 0) is 9.59 Å². The molecular weight excluding hydrogens is 216 g/mol. The second kappa shape index (κ2) is 4.31. The number of hydrogen-bond acceptors (Lipinski definition) is 2. The Labute approximate surface area is 103 Å². The molecule has 0 heterocycles. The molecule has 2 amide bonds. The monoisotopic (exact) mass is 240 g/mol. The molecular formula is C13H24N2O2. The third-order valence-corrected chi connectivity index (χ3v) is 3.32. The lowest BCUT2D eigenvalue weighted by Crippen LogP contribution is -2.50. The van der Waals surface area contributed by atoms with Gasteiger partial charge in [-0.05, 0) is 39.5 Å². The third-order valence-electron chi connectivity index (χ3n) is 3.32. The number of carbonyl (C=O) groups is 2. The summed E-state index contributed by atoms with van der Waals surface area (Å²) in [7, 11) is 0. The molecule has 1 fully saturated rings. The highest BCUT2D eigenvalue weighted by Gasteiger charge is 2.58. The maximum atomic E-state index is 12.3. The summed E-state index contributed by atoms with van der Waals surface area (Å²) in [5.41, 5.74) is 4.58. The van der Waals surface area contributed by atoms with E-state index in [-0.39, 0.29) is 29.2 Å². The quantitative estimate of drug-likeness (QED) is 0.780. The fourth-order valence-electron chi connectivity index (χ4n) is 2.48. The second-order valence-corrected chi connectivity index (χ2v) is 6.48. The first-order chi connectivity index (χ1) is 7.60. The van der Waals surface area contributed by atoms with Crippen molar-refractivity contribution in [3.05, 3.63) is 0 Å². The molecule has 4 nitrogen and oxygen atoms in total. The number of rotatable bonds is 4. The van der Waals surface area contributed by atoms with Crippen molar-refractivity contribution in [3.63, 3.8) is 0 Å². The van der Waals surface area contributed by atoms with Crippen LogP contribution >= 0.6 is 0 Å². The van der Waals surface area contributed by atoms with Crippen molar-refractivity contribution in [2.75, 3.05) is 0 Å². The van der Waals surface area contributed by atoms with E-state index in [9.17, 15) is 9.59 Å². The molecule has 0 aromatic carbocycles. The molecule has 0 aliphatic heterocycles. The Hall–Kier alpha value is -1.06. The zero-order chi connectivity index (χ0) is 13.4. The van der Waals surface area contributed by atoms with E-state index < -0.39 is 5.41 Å². The summed E-state index contributed by atoms with van der Waals surface area (Å²) in [6, 6.07) is 0. The van der Waals surface area contributed by atoms with Crippen LogP contribution in [0.4, 0.5) is 0 Å². The molecule has 0 unspecified atom stereocenters. The largest absolute Gasteiger partial charge is 0.369 e.